The van der Waals surface area contributed by atoms with Gasteiger partial charge >= 0.3 is 0 Å². The van der Waals surface area contributed by atoms with E-state index >= 15 is 0 Å². The molecule has 0 spiro atoms. The van der Waals surface area contributed by atoms with E-state index in [1.807, 2.05) is 60.4 Å². The molecule has 8 heteroatoms. The molecule has 2 aromatic heterocycles. The number of halogens is 1. The molecule has 0 saturated carbocycles. The molecule has 2 aromatic carbocycles. The van der Waals surface area contributed by atoms with Gasteiger partial charge in [-0.3, -0.25) is 4.79 Å². The third-order valence-corrected chi connectivity index (χ3v) is 7.69. The number of aryl methyl sites for hydroxylation is 1. The van der Waals surface area contributed by atoms with Crippen LogP contribution in [-0.2, 0) is 0 Å². The van der Waals surface area contributed by atoms with E-state index in [-0.39, 0.29) is 11.9 Å². The summed E-state index contributed by atoms with van der Waals surface area (Å²) in [6.07, 6.45) is 0. The average Bonchev–Trinajstić information content (AvgIpc) is 3.47. The summed E-state index contributed by atoms with van der Waals surface area (Å²) in [6.45, 7) is 7.55. The van der Waals surface area contributed by atoms with Gasteiger partial charge in [0.15, 0.2) is 5.58 Å². The Hall–Kier alpha value is -2.90. The van der Waals surface area contributed by atoms with Crippen molar-refractivity contribution >= 4 is 46.0 Å². The van der Waals surface area contributed by atoms with Crippen LogP contribution in [0.25, 0.3) is 21.5 Å². The van der Waals surface area contributed by atoms with Crippen LogP contribution in [0.15, 0.2) is 52.9 Å². The summed E-state index contributed by atoms with van der Waals surface area (Å²) < 4.78 is 5.81. The lowest BCUT2D eigenvalue weighted by atomic mass is 9.94. The molecule has 0 radical (unpaired) electrons. The first kappa shape index (κ1) is 21.9. The smallest absolute Gasteiger partial charge is 0.295 e. The van der Waals surface area contributed by atoms with Gasteiger partial charge in [0, 0.05) is 18.1 Å². The van der Waals surface area contributed by atoms with Gasteiger partial charge in [0.1, 0.15) is 11.2 Å². The van der Waals surface area contributed by atoms with Gasteiger partial charge in [-0.1, -0.05) is 49.7 Å². The number of hydrogen-bond donors (Lipinski definition) is 1. The Morgan fingerprint density at radius 1 is 1.21 bits per heavy atom. The Kier molecular flexibility index (Phi) is 5.85. The number of nitrogens with zero attached hydrogens (tertiary/aromatic N) is 3. The Bertz CT molecular complexity index is 1280. The fraction of sp³-hybridized carbons (Fsp3) is 0.320. The van der Waals surface area contributed by atoms with Gasteiger partial charge in [-0.2, -0.15) is 4.98 Å². The number of oxazole rings is 1. The topological polar surface area (TPSA) is 71.3 Å². The Balaban J connectivity index is 1.41. The number of likely N-dealkylation sites (tertiary alicyclic amines) is 1. The molecule has 1 fully saturated rings. The first-order chi connectivity index (χ1) is 15.9. The van der Waals surface area contributed by atoms with E-state index in [4.69, 9.17) is 16.0 Å². The predicted octanol–water partition coefficient (Wildman–Crippen LogP) is 6.12. The Morgan fingerprint density at radius 2 is 2.03 bits per heavy atom. The van der Waals surface area contributed by atoms with Crippen molar-refractivity contribution in [3.8, 4) is 10.4 Å². The van der Waals surface area contributed by atoms with Crippen LogP contribution in [0, 0.1) is 18.8 Å². The summed E-state index contributed by atoms with van der Waals surface area (Å²) in [5.41, 5.74) is 2.96. The number of hydrogen-bond acceptors (Lipinski definition) is 6. The standard InChI is InChI=1S/C25H25ClN4O2S/c1-14-13-30(20(15(14)2)12-27-25-29-19-9-4-5-10-21(19)32-25)24(31)22-23(33-16(3)28-22)17-7-6-8-18(26)11-17/h4-11,14-15,20H,12-13H2,1-3H3,(H,27,29)/t14-,15?,20-/m1/s1. The lowest BCUT2D eigenvalue weighted by Crippen LogP contribution is -2.42. The van der Waals surface area contributed by atoms with E-state index < -0.39 is 0 Å². The van der Waals surface area contributed by atoms with Gasteiger partial charge in [0.2, 0.25) is 0 Å². The summed E-state index contributed by atoms with van der Waals surface area (Å²) in [4.78, 5) is 25.7. The minimum atomic E-state index is -0.0464. The quantitative estimate of drug-likeness (QED) is 0.372. The molecule has 1 N–H and O–H groups in total. The summed E-state index contributed by atoms with van der Waals surface area (Å²) in [5, 5.41) is 4.81. The maximum absolute atomic E-state index is 13.8. The molecule has 1 amide bonds. The normalized spacial score (nSPS) is 20.5. The van der Waals surface area contributed by atoms with Gasteiger partial charge in [-0.25, -0.2) is 4.98 Å². The highest BCUT2D eigenvalue weighted by atomic mass is 35.5. The van der Waals surface area contributed by atoms with Crippen molar-refractivity contribution in [2.75, 3.05) is 18.4 Å². The highest BCUT2D eigenvalue weighted by Gasteiger charge is 2.41. The third kappa shape index (κ3) is 4.23. The molecule has 3 atom stereocenters. The number of rotatable bonds is 5. The number of thiazole rings is 1. The monoisotopic (exact) mass is 480 g/mol. The summed E-state index contributed by atoms with van der Waals surface area (Å²) in [7, 11) is 0. The lowest BCUT2D eigenvalue weighted by molar-refractivity contribution is 0.0724. The zero-order valence-corrected chi connectivity index (χ0v) is 20.3. The summed E-state index contributed by atoms with van der Waals surface area (Å²) in [6, 6.07) is 15.7. The molecule has 6 nitrogen and oxygen atoms in total. The van der Waals surface area contributed by atoms with Crippen LogP contribution in [0.2, 0.25) is 5.02 Å². The molecular formula is C25H25ClN4O2S. The van der Waals surface area contributed by atoms with Gasteiger partial charge in [0.05, 0.1) is 15.9 Å². The highest BCUT2D eigenvalue weighted by Crippen LogP contribution is 2.36. The largest absolute Gasteiger partial charge is 0.424 e. The van der Waals surface area contributed by atoms with Gasteiger partial charge in [-0.05, 0) is 48.6 Å². The van der Waals surface area contributed by atoms with E-state index in [0.717, 1.165) is 26.5 Å². The summed E-state index contributed by atoms with van der Waals surface area (Å²) >= 11 is 7.74. The molecule has 170 valence electrons. The zero-order valence-electron chi connectivity index (χ0n) is 18.7. The minimum absolute atomic E-state index is 0.00303. The highest BCUT2D eigenvalue weighted by molar-refractivity contribution is 7.15. The zero-order chi connectivity index (χ0) is 23.1. The molecular weight excluding hydrogens is 456 g/mol. The second kappa shape index (κ2) is 8.80. The number of aromatic nitrogens is 2. The van der Waals surface area contributed by atoms with Crippen molar-refractivity contribution in [1.29, 1.82) is 0 Å². The second-order valence-electron chi connectivity index (χ2n) is 8.65. The predicted molar refractivity (Wildman–Crippen MR) is 133 cm³/mol. The third-order valence-electron chi connectivity index (χ3n) is 6.43. The molecule has 5 rings (SSSR count). The number of carbonyl (C=O) groups is 1. The van der Waals surface area contributed by atoms with Crippen LogP contribution in [0.3, 0.4) is 0 Å². The van der Waals surface area contributed by atoms with Crippen LogP contribution in [0.1, 0.15) is 29.3 Å². The molecule has 4 aromatic rings. The van der Waals surface area contributed by atoms with Crippen molar-refractivity contribution in [1.82, 2.24) is 14.9 Å². The number of nitrogens with one attached hydrogen (secondary N) is 1. The van der Waals surface area contributed by atoms with Crippen LogP contribution < -0.4 is 5.32 Å². The molecule has 33 heavy (non-hydrogen) atoms. The van der Waals surface area contributed by atoms with Crippen molar-refractivity contribution in [2.45, 2.75) is 26.8 Å². The molecule has 3 heterocycles. The number of anilines is 1. The molecule has 1 aliphatic rings. The molecule has 1 aliphatic heterocycles. The fourth-order valence-corrected chi connectivity index (χ4v) is 5.57. The van der Waals surface area contributed by atoms with Crippen molar-refractivity contribution in [3.05, 3.63) is 64.3 Å². The number of amides is 1. The van der Waals surface area contributed by atoms with Crippen molar-refractivity contribution in [3.63, 3.8) is 0 Å². The number of carbonyl (C=O) groups excluding carboxylic acids is 1. The van der Waals surface area contributed by atoms with E-state index in [1.165, 1.54) is 11.3 Å². The van der Waals surface area contributed by atoms with E-state index in [0.29, 0.717) is 41.7 Å². The van der Waals surface area contributed by atoms with Gasteiger partial charge < -0.3 is 14.6 Å². The minimum Gasteiger partial charge on any atom is -0.424 e. The number of benzene rings is 2. The molecule has 1 saturated heterocycles. The molecule has 1 unspecified atom stereocenters. The van der Waals surface area contributed by atoms with E-state index in [9.17, 15) is 4.79 Å². The lowest BCUT2D eigenvalue weighted by Gasteiger charge is -2.26. The first-order valence-electron chi connectivity index (χ1n) is 11.0. The van der Waals surface area contributed by atoms with Crippen LogP contribution in [0.4, 0.5) is 6.01 Å². The van der Waals surface area contributed by atoms with Crippen molar-refractivity contribution in [2.24, 2.45) is 11.8 Å². The maximum Gasteiger partial charge on any atom is 0.295 e. The average molecular weight is 481 g/mol. The van der Waals surface area contributed by atoms with Crippen LogP contribution in [-0.4, -0.2) is 39.9 Å². The van der Waals surface area contributed by atoms with E-state index in [1.54, 1.807) is 0 Å². The first-order valence-corrected chi connectivity index (χ1v) is 12.2. The Labute approximate surface area is 201 Å². The van der Waals surface area contributed by atoms with Crippen LogP contribution >= 0.6 is 22.9 Å². The molecule has 0 bridgehead atoms. The second-order valence-corrected chi connectivity index (χ2v) is 10.3. The SMILES string of the molecule is Cc1nc(C(=O)N2C[C@@H](C)C(C)[C@H]2CNc2nc3ccccc3o2)c(-c2cccc(Cl)c2)s1. The van der Waals surface area contributed by atoms with Gasteiger partial charge in [0.25, 0.3) is 11.9 Å². The fourth-order valence-electron chi connectivity index (χ4n) is 4.48. The number of fused-ring (bicyclic) bond motifs is 1. The van der Waals surface area contributed by atoms with E-state index in [2.05, 4.69) is 29.1 Å². The molecule has 0 aliphatic carbocycles. The van der Waals surface area contributed by atoms with Crippen LogP contribution in [0.5, 0.6) is 0 Å². The Morgan fingerprint density at radius 3 is 2.82 bits per heavy atom. The number of para-hydroxylation sites is 2. The van der Waals surface area contributed by atoms with Gasteiger partial charge in [-0.15, -0.1) is 11.3 Å². The summed E-state index contributed by atoms with van der Waals surface area (Å²) in [5.74, 6) is 0.647. The van der Waals surface area contributed by atoms with Crippen molar-refractivity contribution < 1.29 is 9.21 Å². The maximum atomic E-state index is 13.8.